The van der Waals surface area contributed by atoms with E-state index in [1.807, 2.05) is 19.2 Å². The van der Waals surface area contributed by atoms with Gasteiger partial charge in [-0.05, 0) is 25.5 Å². The summed E-state index contributed by atoms with van der Waals surface area (Å²) in [7, 11) is 5.54. The smallest absolute Gasteiger partial charge is 0.0372 e. The molecule has 3 heteroatoms. The van der Waals surface area contributed by atoms with E-state index >= 15 is 0 Å². The van der Waals surface area contributed by atoms with Crippen LogP contribution in [0.5, 0.6) is 0 Å². The highest BCUT2D eigenvalue weighted by molar-refractivity contribution is 7.38. The van der Waals surface area contributed by atoms with Crippen LogP contribution in [0.3, 0.4) is 0 Å². The van der Waals surface area contributed by atoms with E-state index in [4.69, 9.17) is 0 Å². The normalized spacial score (nSPS) is 11.6. The summed E-state index contributed by atoms with van der Waals surface area (Å²) in [4.78, 5) is 4.28. The van der Waals surface area contributed by atoms with Gasteiger partial charge in [0, 0.05) is 16.8 Å². The first-order valence-corrected chi connectivity index (χ1v) is 4.66. The molecule has 0 amide bonds. The van der Waals surface area contributed by atoms with Crippen molar-refractivity contribution in [2.45, 2.75) is 18.7 Å². The second-order valence-corrected chi connectivity index (χ2v) is 6.04. The Morgan fingerprint density at radius 1 is 1.36 bits per heavy atom. The average molecular weight is 185 g/mol. The van der Waals surface area contributed by atoms with Crippen LogP contribution < -0.4 is 0 Å². The first kappa shape index (κ1) is 9.10. The summed E-state index contributed by atoms with van der Waals surface area (Å²) in [5.74, 6) is 0. The number of aromatic nitrogens is 1. The topological polar surface area (TPSA) is 12.9 Å². The maximum atomic E-state index is 4.22. The van der Waals surface area contributed by atoms with Crippen molar-refractivity contribution in [3.63, 3.8) is 0 Å². The van der Waals surface area contributed by atoms with Crippen LogP contribution in [0.1, 0.15) is 18.2 Å². The van der Waals surface area contributed by atoms with Crippen molar-refractivity contribution in [1.29, 1.82) is 0 Å². The molecule has 0 aliphatic heterocycles. The second kappa shape index (κ2) is 3.17. The number of rotatable bonds is 1. The number of aryl methyl sites for hydroxylation is 1. The maximum Gasteiger partial charge on any atom is 0.0372 e. The molecule has 0 fully saturated rings. The van der Waals surface area contributed by atoms with Gasteiger partial charge in [0.2, 0.25) is 0 Å². The molecule has 2 unspecified atom stereocenters. The van der Waals surface area contributed by atoms with Crippen molar-refractivity contribution in [2.24, 2.45) is 0 Å². The fraction of sp³-hybridized carbons (Fsp3) is 0.375. The molecule has 2 atom stereocenters. The lowest BCUT2D eigenvalue weighted by Gasteiger charge is -2.17. The predicted octanol–water partition coefficient (Wildman–Crippen LogP) is 2.31. The molecule has 0 spiro atoms. The zero-order chi connectivity index (χ0) is 8.48. The average Bonchev–Trinajstić information content (AvgIpc) is 1.86. The Hall–Kier alpha value is 0.01000. The lowest BCUT2D eigenvalue weighted by molar-refractivity contribution is 0.986. The van der Waals surface area contributed by atoms with Gasteiger partial charge in [-0.2, -0.15) is 0 Å². The van der Waals surface area contributed by atoms with Crippen LogP contribution in [-0.4, -0.2) is 4.98 Å². The van der Waals surface area contributed by atoms with E-state index in [-0.39, 0.29) is 4.90 Å². The van der Waals surface area contributed by atoms with Gasteiger partial charge < -0.3 is 0 Å². The summed E-state index contributed by atoms with van der Waals surface area (Å²) >= 11 is 0. The minimum absolute atomic E-state index is 0.0563. The van der Waals surface area contributed by atoms with E-state index in [0.717, 1.165) is 5.69 Å². The number of hydrogen-bond donors (Lipinski definition) is 0. The molecule has 1 nitrogen and oxygen atoms in total. The van der Waals surface area contributed by atoms with Crippen LogP contribution in [0.2, 0.25) is 0 Å². The molecule has 0 radical (unpaired) electrons. The zero-order valence-electron chi connectivity index (χ0n) is 6.83. The summed E-state index contributed by atoms with van der Waals surface area (Å²) in [6.45, 7) is 4.11. The summed E-state index contributed by atoms with van der Waals surface area (Å²) < 4.78 is 0. The van der Waals surface area contributed by atoms with Crippen molar-refractivity contribution in [3.05, 3.63) is 29.6 Å². The molecule has 0 bridgehead atoms. The molecule has 0 aromatic carbocycles. The molecular weight excluding hydrogens is 172 g/mol. The maximum absolute atomic E-state index is 4.22. The molecule has 0 aliphatic carbocycles. The Bertz CT molecular complexity index is 235. The zero-order valence-corrected chi connectivity index (χ0v) is 9.14. The molecule has 1 aromatic rings. The third kappa shape index (κ3) is 2.51. The Morgan fingerprint density at radius 2 is 2.00 bits per heavy atom. The Morgan fingerprint density at radius 3 is 2.36 bits per heavy atom. The first-order valence-electron chi connectivity index (χ1n) is 3.51. The SMILES string of the molecule is Cc1ccc(C(C)(P)P)cn1. The highest BCUT2D eigenvalue weighted by atomic mass is 31.1. The number of nitrogens with zero attached hydrogens (tertiary/aromatic N) is 1. The molecule has 1 heterocycles. The lowest BCUT2D eigenvalue weighted by Crippen LogP contribution is -2.02. The van der Waals surface area contributed by atoms with E-state index in [9.17, 15) is 0 Å². The van der Waals surface area contributed by atoms with E-state index in [1.165, 1.54) is 5.56 Å². The minimum Gasteiger partial charge on any atom is -0.261 e. The van der Waals surface area contributed by atoms with Crippen LogP contribution in [0.15, 0.2) is 18.3 Å². The molecule has 0 saturated heterocycles. The van der Waals surface area contributed by atoms with E-state index in [0.29, 0.717) is 0 Å². The van der Waals surface area contributed by atoms with Crippen molar-refractivity contribution in [2.75, 3.05) is 0 Å². The van der Waals surface area contributed by atoms with Crippen molar-refractivity contribution in [3.8, 4) is 0 Å². The van der Waals surface area contributed by atoms with E-state index in [2.05, 4.69) is 36.5 Å². The third-order valence-electron chi connectivity index (χ3n) is 1.53. The molecule has 60 valence electrons. The van der Waals surface area contributed by atoms with Crippen LogP contribution in [0.25, 0.3) is 0 Å². The Kier molecular flexibility index (Phi) is 2.62. The van der Waals surface area contributed by atoms with Gasteiger partial charge in [-0.3, -0.25) is 4.98 Å². The van der Waals surface area contributed by atoms with Crippen molar-refractivity contribution in [1.82, 2.24) is 4.98 Å². The van der Waals surface area contributed by atoms with Gasteiger partial charge in [0.25, 0.3) is 0 Å². The van der Waals surface area contributed by atoms with Gasteiger partial charge >= 0.3 is 0 Å². The van der Waals surface area contributed by atoms with Gasteiger partial charge in [0.15, 0.2) is 0 Å². The summed E-state index contributed by atoms with van der Waals surface area (Å²) in [6.07, 6.45) is 1.91. The Balaban J connectivity index is 2.99. The molecule has 1 rings (SSSR count). The molecular formula is C8H13NP2. The lowest BCUT2D eigenvalue weighted by atomic mass is 10.2. The van der Waals surface area contributed by atoms with Gasteiger partial charge in [-0.15, -0.1) is 18.5 Å². The highest BCUT2D eigenvalue weighted by Gasteiger charge is 2.13. The quantitative estimate of drug-likeness (QED) is 0.612. The minimum atomic E-state index is 0.0563. The molecule has 0 aliphatic rings. The molecule has 11 heavy (non-hydrogen) atoms. The van der Waals surface area contributed by atoms with Crippen LogP contribution >= 0.6 is 18.5 Å². The van der Waals surface area contributed by atoms with Gasteiger partial charge in [0.1, 0.15) is 0 Å². The van der Waals surface area contributed by atoms with Crippen LogP contribution in [-0.2, 0) is 4.90 Å². The first-order chi connectivity index (χ1) is 5.00. The Labute approximate surface area is 72.4 Å². The van der Waals surface area contributed by atoms with E-state index in [1.54, 1.807) is 0 Å². The third-order valence-corrected chi connectivity index (χ3v) is 2.20. The standard InChI is InChI=1S/C8H13NP2/c1-6-3-4-7(5-9-6)8(2,10)11/h3-5H,10-11H2,1-2H3. The summed E-state index contributed by atoms with van der Waals surface area (Å²) in [5.41, 5.74) is 2.28. The fourth-order valence-electron chi connectivity index (χ4n) is 0.786. The monoisotopic (exact) mass is 185 g/mol. The van der Waals surface area contributed by atoms with Gasteiger partial charge in [-0.1, -0.05) is 6.07 Å². The molecule has 1 aromatic heterocycles. The fourth-order valence-corrected chi connectivity index (χ4v) is 1.13. The molecule has 0 saturated carbocycles. The number of hydrogen-bond acceptors (Lipinski definition) is 1. The van der Waals surface area contributed by atoms with Gasteiger partial charge in [-0.25, -0.2) is 0 Å². The van der Waals surface area contributed by atoms with E-state index < -0.39 is 0 Å². The largest absolute Gasteiger partial charge is 0.261 e. The van der Waals surface area contributed by atoms with Crippen molar-refractivity contribution >= 4 is 18.5 Å². The van der Waals surface area contributed by atoms with Crippen LogP contribution in [0.4, 0.5) is 0 Å². The van der Waals surface area contributed by atoms with Gasteiger partial charge in [0.05, 0.1) is 0 Å². The summed E-state index contributed by atoms with van der Waals surface area (Å²) in [6, 6.07) is 4.13. The predicted molar refractivity (Wildman–Crippen MR) is 55.7 cm³/mol. The number of pyridine rings is 1. The van der Waals surface area contributed by atoms with Crippen LogP contribution in [0, 0.1) is 6.92 Å². The van der Waals surface area contributed by atoms with Crippen molar-refractivity contribution < 1.29 is 0 Å². The molecule has 0 N–H and O–H groups in total. The highest BCUT2D eigenvalue weighted by Crippen LogP contribution is 2.37. The second-order valence-electron chi connectivity index (χ2n) is 2.97. The summed E-state index contributed by atoms with van der Waals surface area (Å²) in [5, 5.41) is 0.